The van der Waals surface area contributed by atoms with E-state index in [0.29, 0.717) is 0 Å². The fourth-order valence-electron chi connectivity index (χ4n) is 0.645. The first-order valence-electron chi connectivity index (χ1n) is 2.76. The summed E-state index contributed by atoms with van der Waals surface area (Å²) in [5.74, 6) is 0. The summed E-state index contributed by atoms with van der Waals surface area (Å²) >= 11 is 0. The van der Waals surface area contributed by atoms with Crippen LogP contribution in [0.3, 0.4) is 0 Å². The van der Waals surface area contributed by atoms with Crippen molar-refractivity contribution >= 4 is 0 Å². The van der Waals surface area contributed by atoms with Crippen LogP contribution in [0.4, 0.5) is 0 Å². The van der Waals surface area contributed by atoms with Crippen LogP contribution in [0.1, 0.15) is 5.56 Å². The van der Waals surface area contributed by atoms with Crippen LogP contribution in [-0.4, -0.2) is 0 Å². The molecule has 1 heteroatoms. The third-order valence-electron chi connectivity index (χ3n) is 1.13. The zero-order chi connectivity index (χ0) is 5.82. The van der Waals surface area contributed by atoms with Crippen molar-refractivity contribution in [1.29, 1.82) is 0 Å². The van der Waals surface area contributed by atoms with Gasteiger partial charge in [0.25, 0.3) is 0 Å². The van der Waals surface area contributed by atoms with Crippen LogP contribution in [0.25, 0.3) is 0 Å². The van der Waals surface area contributed by atoms with Crippen molar-refractivity contribution in [2.75, 3.05) is 0 Å². The molecule has 0 saturated carbocycles. The van der Waals surface area contributed by atoms with E-state index in [2.05, 4.69) is 19.1 Å². The van der Waals surface area contributed by atoms with Crippen LogP contribution in [0.5, 0.6) is 0 Å². The summed E-state index contributed by atoms with van der Waals surface area (Å²) < 4.78 is 0. The summed E-state index contributed by atoms with van der Waals surface area (Å²) in [5.41, 5.74) is 1.30. The van der Waals surface area contributed by atoms with Crippen LogP contribution in [0.2, 0.25) is 0 Å². The SMILES string of the molecule is [CH2-]Cc1ccccc1.[Zn+2]. The second kappa shape index (κ2) is 4.70. The molecule has 0 heterocycles. The largest absolute Gasteiger partial charge is 2.00 e. The van der Waals surface area contributed by atoms with Gasteiger partial charge in [-0.1, -0.05) is 35.9 Å². The van der Waals surface area contributed by atoms with E-state index in [1.54, 1.807) is 0 Å². The van der Waals surface area contributed by atoms with Gasteiger partial charge >= 0.3 is 19.5 Å². The molecule has 0 spiro atoms. The van der Waals surface area contributed by atoms with E-state index >= 15 is 0 Å². The van der Waals surface area contributed by atoms with E-state index < -0.39 is 0 Å². The molecule has 0 fully saturated rings. The maximum atomic E-state index is 3.76. The van der Waals surface area contributed by atoms with Crippen LogP contribution in [0.15, 0.2) is 30.3 Å². The molecule has 0 unspecified atom stereocenters. The molecule has 9 heavy (non-hydrogen) atoms. The van der Waals surface area contributed by atoms with Gasteiger partial charge in [0.2, 0.25) is 0 Å². The maximum absolute atomic E-state index is 3.76. The Labute approximate surface area is 69.0 Å². The molecule has 0 radical (unpaired) electrons. The normalized spacial score (nSPS) is 8.11. The van der Waals surface area contributed by atoms with E-state index in [1.807, 2.05) is 18.2 Å². The van der Waals surface area contributed by atoms with Gasteiger partial charge in [-0.3, -0.25) is 0 Å². The first-order valence-corrected chi connectivity index (χ1v) is 2.76. The predicted octanol–water partition coefficient (Wildman–Crippen LogP) is 2.06. The van der Waals surface area contributed by atoms with Crippen molar-refractivity contribution in [3.05, 3.63) is 42.8 Å². The minimum Gasteiger partial charge on any atom is -0.339 e. The van der Waals surface area contributed by atoms with Gasteiger partial charge in [0.05, 0.1) is 0 Å². The Morgan fingerprint density at radius 3 is 2.00 bits per heavy atom. The fourth-order valence-corrected chi connectivity index (χ4v) is 0.645. The number of hydrogen-bond donors (Lipinski definition) is 0. The molecule has 0 aliphatic heterocycles. The standard InChI is InChI=1S/C8H9.Zn/c1-2-8-6-4-3-5-7-8;/h3-7H,1-2H2;/q-1;+2. The molecule has 0 N–H and O–H groups in total. The van der Waals surface area contributed by atoms with Gasteiger partial charge in [-0.2, -0.15) is 6.42 Å². The van der Waals surface area contributed by atoms with E-state index in [1.165, 1.54) is 5.56 Å². The van der Waals surface area contributed by atoms with Gasteiger partial charge in [0.15, 0.2) is 0 Å². The second-order valence-corrected chi connectivity index (χ2v) is 1.74. The van der Waals surface area contributed by atoms with Crippen LogP contribution in [-0.2, 0) is 25.9 Å². The average Bonchev–Trinajstić information content (AvgIpc) is 1.90. The first-order chi connectivity index (χ1) is 3.93. The molecule has 1 aromatic carbocycles. The molecule has 0 saturated heterocycles. The molecule has 1 rings (SSSR count). The topological polar surface area (TPSA) is 0 Å². The Morgan fingerprint density at radius 2 is 1.67 bits per heavy atom. The third kappa shape index (κ3) is 2.76. The Hall–Kier alpha value is -0.157. The Kier molecular flexibility index (Phi) is 4.62. The van der Waals surface area contributed by atoms with Crippen molar-refractivity contribution in [2.45, 2.75) is 6.42 Å². The summed E-state index contributed by atoms with van der Waals surface area (Å²) in [7, 11) is 0. The zero-order valence-electron chi connectivity index (χ0n) is 5.51. The molecule has 0 aliphatic rings. The Morgan fingerprint density at radius 1 is 1.11 bits per heavy atom. The molecule has 0 nitrogen and oxygen atoms in total. The maximum Gasteiger partial charge on any atom is 2.00 e. The van der Waals surface area contributed by atoms with Crippen molar-refractivity contribution in [3.8, 4) is 0 Å². The number of hydrogen-bond acceptors (Lipinski definition) is 0. The smallest absolute Gasteiger partial charge is 0.339 e. The van der Waals surface area contributed by atoms with Crippen LogP contribution in [0, 0.1) is 6.92 Å². The van der Waals surface area contributed by atoms with Gasteiger partial charge in [-0.05, 0) is 0 Å². The quantitative estimate of drug-likeness (QED) is 0.447. The molecular weight excluding hydrogens is 161 g/mol. The van der Waals surface area contributed by atoms with E-state index in [0.717, 1.165) is 6.42 Å². The molecule has 0 amide bonds. The van der Waals surface area contributed by atoms with Gasteiger partial charge in [0, 0.05) is 0 Å². The van der Waals surface area contributed by atoms with Crippen molar-refractivity contribution in [1.82, 2.24) is 0 Å². The van der Waals surface area contributed by atoms with Gasteiger partial charge in [-0.25, -0.2) is 0 Å². The monoisotopic (exact) mass is 169 g/mol. The summed E-state index contributed by atoms with van der Waals surface area (Å²) in [5, 5.41) is 0. The van der Waals surface area contributed by atoms with Gasteiger partial charge < -0.3 is 6.92 Å². The Balaban J connectivity index is 0.000000640. The second-order valence-electron chi connectivity index (χ2n) is 1.74. The van der Waals surface area contributed by atoms with E-state index in [4.69, 9.17) is 0 Å². The molecule has 1 aromatic rings. The number of rotatable bonds is 1. The summed E-state index contributed by atoms with van der Waals surface area (Å²) in [6.45, 7) is 3.76. The first kappa shape index (κ1) is 8.84. The summed E-state index contributed by atoms with van der Waals surface area (Å²) in [6.07, 6.45) is 0.890. The van der Waals surface area contributed by atoms with Crippen LogP contribution >= 0.6 is 0 Å². The minimum absolute atomic E-state index is 0. The van der Waals surface area contributed by atoms with E-state index in [9.17, 15) is 0 Å². The molecule has 0 bridgehead atoms. The third-order valence-corrected chi connectivity index (χ3v) is 1.13. The van der Waals surface area contributed by atoms with E-state index in [-0.39, 0.29) is 19.5 Å². The molecule has 42 valence electrons. The molecule has 0 atom stereocenters. The van der Waals surface area contributed by atoms with Crippen molar-refractivity contribution in [2.24, 2.45) is 0 Å². The van der Waals surface area contributed by atoms with Gasteiger partial charge in [0.1, 0.15) is 0 Å². The van der Waals surface area contributed by atoms with Crippen molar-refractivity contribution < 1.29 is 19.5 Å². The average molecular weight is 171 g/mol. The van der Waals surface area contributed by atoms with Crippen LogP contribution < -0.4 is 0 Å². The number of benzene rings is 1. The molecular formula is C8H9Zn+. The molecule has 0 aliphatic carbocycles. The predicted molar refractivity (Wildman–Crippen MR) is 35.5 cm³/mol. The summed E-state index contributed by atoms with van der Waals surface area (Å²) in [6, 6.07) is 10.2. The van der Waals surface area contributed by atoms with Gasteiger partial charge in [-0.15, -0.1) is 0 Å². The minimum atomic E-state index is 0. The molecule has 0 aromatic heterocycles. The fraction of sp³-hybridized carbons (Fsp3) is 0.125. The zero-order valence-corrected chi connectivity index (χ0v) is 8.48. The Bertz CT molecular complexity index is 146. The summed E-state index contributed by atoms with van der Waals surface area (Å²) in [4.78, 5) is 0. The van der Waals surface area contributed by atoms with Crippen molar-refractivity contribution in [3.63, 3.8) is 0 Å².